The minimum atomic E-state index is 0.569. The van der Waals surface area contributed by atoms with Crippen LogP contribution in [0.3, 0.4) is 0 Å². The Morgan fingerprint density at radius 2 is 1.57 bits per heavy atom. The summed E-state index contributed by atoms with van der Waals surface area (Å²) in [6, 6.07) is 0. The summed E-state index contributed by atoms with van der Waals surface area (Å²) in [5.41, 5.74) is 0.569. The lowest BCUT2D eigenvalue weighted by Gasteiger charge is -2.41. The summed E-state index contributed by atoms with van der Waals surface area (Å²) >= 11 is 0. The predicted octanol–water partition coefficient (Wildman–Crippen LogP) is 5.28. The van der Waals surface area contributed by atoms with Crippen molar-refractivity contribution in [3.63, 3.8) is 0 Å². The first kappa shape index (κ1) is 14.0. The molecule has 0 aliphatic heterocycles. The Bertz CT molecular complexity index is 137. The molecule has 0 saturated heterocycles. The van der Waals surface area contributed by atoms with Crippen molar-refractivity contribution in [2.24, 2.45) is 17.3 Å². The highest BCUT2D eigenvalue weighted by Gasteiger charge is 2.34. The van der Waals surface area contributed by atoms with E-state index in [1.807, 2.05) is 0 Å². The first-order valence-corrected chi connectivity index (χ1v) is 6.52. The van der Waals surface area contributed by atoms with E-state index >= 15 is 0 Å². The topological polar surface area (TPSA) is 0 Å². The lowest BCUT2D eigenvalue weighted by atomic mass is 9.64. The SMILES string of the molecule is CCCC(CC)C(C)(CCC)C(C)C. The van der Waals surface area contributed by atoms with Gasteiger partial charge in [-0.1, -0.05) is 67.2 Å². The Balaban J connectivity index is 4.57. The molecule has 0 N–H and O–H groups in total. The lowest BCUT2D eigenvalue weighted by molar-refractivity contribution is 0.0873. The van der Waals surface area contributed by atoms with Crippen molar-refractivity contribution >= 4 is 0 Å². The van der Waals surface area contributed by atoms with Crippen LogP contribution in [-0.2, 0) is 0 Å². The van der Waals surface area contributed by atoms with Crippen LogP contribution >= 0.6 is 0 Å². The van der Waals surface area contributed by atoms with Crippen LogP contribution in [0.1, 0.15) is 73.6 Å². The zero-order valence-electron chi connectivity index (χ0n) is 11.2. The maximum Gasteiger partial charge on any atom is -0.0275 e. The Morgan fingerprint density at radius 1 is 1.00 bits per heavy atom. The summed E-state index contributed by atoms with van der Waals surface area (Å²) in [5, 5.41) is 0. The molecule has 0 heteroatoms. The molecule has 0 heterocycles. The van der Waals surface area contributed by atoms with Crippen LogP contribution in [0.25, 0.3) is 0 Å². The second kappa shape index (κ2) is 6.48. The Kier molecular flexibility index (Phi) is 6.48. The molecule has 0 aromatic rings. The molecule has 0 aromatic carbocycles. The monoisotopic (exact) mass is 198 g/mol. The van der Waals surface area contributed by atoms with Gasteiger partial charge in [-0.3, -0.25) is 0 Å². The van der Waals surface area contributed by atoms with Crippen molar-refractivity contribution in [3.8, 4) is 0 Å². The zero-order chi connectivity index (χ0) is 11.2. The summed E-state index contributed by atoms with van der Waals surface area (Å²) in [6.45, 7) is 14.3. The smallest absolute Gasteiger partial charge is 0.0275 e. The molecule has 0 bridgehead atoms. The minimum absolute atomic E-state index is 0.569. The number of rotatable bonds is 7. The second-order valence-corrected chi connectivity index (χ2v) is 5.30. The van der Waals surface area contributed by atoms with Crippen LogP contribution in [0.15, 0.2) is 0 Å². The minimum Gasteiger partial charge on any atom is -0.0654 e. The predicted molar refractivity (Wildman–Crippen MR) is 66.5 cm³/mol. The Labute approximate surface area is 91.5 Å². The van der Waals surface area contributed by atoms with Gasteiger partial charge < -0.3 is 0 Å². The number of hydrogen-bond donors (Lipinski definition) is 0. The van der Waals surface area contributed by atoms with Gasteiger partial charge >= 0.3 is 0 Å². The fourth-order valence-electron chi connectivity index (χ4n) is 2.85. The van der Waals surface area contributed by atoms with Crippen LogP contribution in [0.4, 0.5) is 0 Å². The Hall–Kier alpha value is 0. The van der Waals surface area contributed by atoms with Gasteiger partial charge in [-0.25, -0.2) is 0 Å². The van der Waals surface area contributed by atoms with Crippen molar-refractivity contribution in [2.45, 2.75) is 73.6 Å². The molecule has 0 aliphatic carbocycles. The van der Waals surface area contributed by atoms with Crippen molar-refractivity contribution < 1.29 is 0 Å². The van der Waals surface area contributed by atoms with Crippen LogP contribution in [0.5, 0.6) is 0 Å². The quantitative estimate of drug-likeness (QED) is 0.522. The van der Waals surface area contributed by atoms with Gasteiger partial charge in [-0.2, -0.15) is 0 Å². The molecule has 0 rings (SSSR count). The number of hydrogen-bond acceptors (Lipinski definition) is 0. The van der Waals surface area contributed by atoms with E-state index in [4.69, 9.17) is 0 Å². The molecule has 2 unspecified atom stereocenters. The molecule has 0 amide bonds. The summed E-state index contributed by atoms with van der Waals surface area (Å²) in [6.07, 6.45) is 6.82. The molecule has 0 fully saturated rings. The van der Waals surface area contributed by atoms with Crippen molar-refractivity contribution in [1.29, 1.82) is 0 Å². The maximum absolute atomic E-state index is 2.50. The molecule has 86 valence electrons. The van der Waals surface area contributed by atoms with E-state index in [2.05, 4.69) is 41.5 Å². The van der Waals surface area contributed by atoms with Gasteiger partial charge in [0.25, 0.3) is 0 Å². The molecule has 0 aromatic heterocycles. The van der Waals surface area contributed by atoms with E-state index in [1.54, 1.807) is 0 Å². The van der Waals surface area contributed by atoms with Crippen LogP contribution in [-0.4, -0.2) is 0 Å². The van der Waals surface area contributed by atoms with Gasteiger partial charge in [-0.15, -0.1) is 0 Å². The van der Waals surface area contributed by atoms with Gasteiger partial charge in [0, 0.05) is 0 Å². The van der Waals surface area contributed by atoms with E-state index in [1.165, 1.54) is 32.1 Å². The van der Waals surface area contributed by atoms with E-state index in [9.17, 15) is 0 Å². The van der Waals surface area contributed by atoms with Crippen molar-refractivity contribution in [2.75, 3.05) is 0 Å². The fraction of sp³-hybridized carbons (Fsp3) is 1.00. The highest BCUT2D eigenvalue weighted by atomic mass is 14.4. The van der Waals surface area contributed by atoms with Crippen LogP contribution in [0, 0.1) is 17.3 Å². The molecular weight excluding hydrogens is 168 g/mol. The van der Waals surface area contributed by atoms with Gasteiger partial charge in [0.05, 0.1) is 0 Å². The molecule has 0 saturated carbocycles. The van der Waals surface area contributed by atoms with Gasteiger partial charge in [0.1, 0.15) is 0 Å². The van der Waals surface area contributed by atoms with Gasteiger partial charge in [-0.05, 0) is 23.7 Å². The highest BCUT2D eigenvalue weighted by Crippen LogP contribution is 2.43. The van der Waals surface area contributed by atoms with Crippen LogP contribution < -0.4 is 0 Å². The van der Waals surface area contributed by atoms with Crippen molar-refractivity contribution in [3.05, 3.63) is 0 Å². The first-order valence-electron chi connectivity index (χ1n) is 6.52. The lowest BCUT2D eigenvalue weighted by Crippen LogP contribution is -2.32. The average Bonchev–Trinajstić information content (AvgIpc) is 2.14. The summed E-state index contributed by atoms with van der Waals surface area (Å²) in [4.78, 5) is 0. The Morgan fingerprint density at radius 3 is 1.86 bits per heavy atom. The maximum atomic E-state index is 2.50. The molecular formula is C14H30. The van der Waals surface area contributed by atoms with Crippen molar-refractivity contribution in [1.82, 2.24) is 0 Å². The molecule has 0 radical (unpaired) electrons. The fourth-order valence-corrected chi connectivity index (χ4v) is 2.85. The zero-order valence-corrected chi connectivity index (χ0v) is 11.2. The van der Waals surface area contributed by atoms with E-state index in [0.29, 0.717) is 5.41 Å². The van der Waals surface area contributed by atoms with E-state index in [-0.39, 0.29) is 0 Å². The molecule has 0 aliphatic rings. The third-order valence-electron chi connectivity index (χ3n) is 4.17. The third kappa shape index (κ3) is 3.29. The standard InChI is InChI=1S/C14H30/c1-7-10-13(9-3)14(6,11-8-2)12(4)5/h12-13H,7-11H2,1-6H3. The summed E-state index contributed by atoms with van der Waals surface area (Å²) in [7, 11) is 0. The van der Waals surface area contributed by atoms with E-state index in [0.717, 1.165) is 11.8 Å². The normalized spacial score (nSPS) is 18.2. The summed E-state index contributed by atoms with van der Waals surface area (Å²) < 4.78 is 0. The first-order chi connectivity index (χ1) is 6.52. The largest absolute Gasteiger partial charge is 0.0654 e. The van der Waals surface area contributed by atoms with Gasteiger partial charge in [0.15, 0.2) is 0 Å². The molecule has 2 atom stereocenters. The molecule has 14 heavy (non-hydrogen) atoms. The van der Waals surface area contributed by atoms with Crippen LogP contribution in [0.2, 0.25) is 0 Å². The van der Waals surface area contributed by atoms with Gasteiger partial charge in [0.2, 0.25) is 0 Å². The molecule has 0 nitrogen and oxygen atoms in total. The second-order valence-electron chi connectivity index (χ2n) is 5.30. The molecule has 0 spiro atoms. The highest BCUT2D eigenvalue weighted by molar-refractivity contribution is 4.84. The summed E-state index contributed by atoms with van der Waals surface area (Å²) in [5.74, 6) is 1.74. The third-order valence-corrected chi connectivity index (χ3v) is 4.17. The average molecular weight is 198 g/mol. The van der Waals surface area contributed by atoms with E-state index < -0.39 is 0 Å².